The Kier molecular flexibility index (Phi) is 4.25. The summed E-state index contributed by atoms with van der Waals surface area (Å²) >= 11 is 0. The number of benzene rings is 1. The topological polar surface area (TPSA) is 43.3 Å². The number of carbonyl (C=O) groups is 1. The minimum absolute atomic E-state index is 0.0874. The molecular weight excluding hydrogens is 264 g/mol. The molecule has 2 aromatic rings. The van der Waals surface area contributed by atoms with Crippen LogP contribution >= 0.6 is 0 Å². The fourth-order valence-electron chi connectivity index (χ4n) is 3.05. The lowest BCUT2D eigenvalue weighted by atomic mass is 10.1. The smallest absolute Gasteiger partial charge is 0.224 e. The Morgan fingerprint density at radius 1 is 1.43 bits per heavy atom. The SMILES string of the molecule is Cn1cc(CC(=O)NCCC2CCCO2)c2ccccc21. The molecule has 1 unspecified atom stereocenters. The minimum atomic E-state index is 0.0874. The molecule has 0 radical (unpaired) electrons. The molecular formula is C17H22N2O2. The molecule has 1 aliphatic heterocycles. The molecule has 1 aromatic carbocycles. The summed E-state index contributed by atoms with van der Waals surface area (Å²) < 4.78 is 7.63. The lowest BCUT2D eigenvalue weighted by Crippen LogP contribution is -2.28. The summed E-state index contributed by atoms with van der Waals surface area (Å²) in [7, 11) is 2.02. The van der Waals surface area contributed by atoms with E-state index in [0.29, 0.717) is 19.1 Å². The van der Waals surface area contributed by atoms with E-state index in [4.69, 9.17) is 4.74 Å². The number of hydrogen-bond donors (Lipinski definition) is 1. The number of para-hydroxylation sites is 1. The van der Waals surface area contributed by atoms with Crippen LogP contribution in [-0.4, -0.2) is 29.7 Å². The highest BCUT2D eigenvalue weighted by Crippen LogP contribution is 2.20. The Morgan fingerprint density at radius 3 is 3.10 bits per heavy atom. The first-order chi connectivity index (χ1) is 10.2. The molecule has 2 heterocycles. The summed E-state index contributed by atoms with van der Waals surface area (Å²) in [5.41, 5.74) is 2.25. The number of amides is 1. The quantitative estimate of drug-likeness (QED) is 0.917. The number of fused-ring (bicyclic) bond motifs is 1. The van der Waals surface area contributed by atoms with Gasteiger partial charge in [0.25, 0.3) is 0 Å². The molecule has 1 N–H and O–H groups in total. The van der Waals surface area contributed by atoms with Crippen LogP contribution in [0.15, 0.2) is 30.5 Å². The Labute approximate surface area is 125 Å². The standard InChI is InChI=1S/C17H22N2O2/c1-19-12-13(15-6-2-3-7-16(15)19)11-17(20)18-9-8-14-5-4-10-21-14/h2-3,6-7,12,14H,4-5,8-11H2,1H3,(H,18,20). The van der Waals surface area contributed by atoms with E-state index in [9.17, 15) is 4.79 Å². The number of nitrogens with zero attached hydrogens (tertiary/aromatic N) is 1. The maximum Gasteiger partial charge on any atom is 0.224 e. The van der Waals surface area contributed by atoms with Crippen LogP contribution < -0.4 is 5.32 Å². The molecule has 1 aliphatic rings. The van der Waals surface area contributed by atoms with E-state index in [2.05, 4.69) is 22.0 Å². The number of aryl methyl sites for hydroxylation is 1. The van der Waals surface area contributed by atoms with Crippen molar-refractivity contribution >= 4 is 16.8 Å². The van der Waals surface area contributed by atoms with Crippen LogP contribution in [0.25, 0.3) is 10.9 Å². The summed E-state index contributed by atoms with van der Waals surface area (Å²) in [4.78, 5) is 12.1. The first-order valence-electron chi connectivity index (χ1n) is 7.65. The molecule has 1 amide bonds. The molecule has 0 saturated carbocycles. The van der Waals surface area contributed by atoms with Gasteiger partial charge in [0, 0.05) is 37.3 Å². The molecule has 0 spiro atoms. The molecule has 1 fully saturated rings. The molecule has 1 aromatic heterocycles. The molecule has 1 atom stereocenters. The van der Waals surface area contributed by atoms with Crippen LogP contribution in [0.3, 0.4) is 0 Å². The predicted octanol–water partition coefficient (Wildman–Crippen LogP) is 2.41. The van der Waals surface area contributed by atoms with Gasteiger partial charge in [-0.1, -0.05) is 18.2 Å². The summed E-state index contributed by atoms with van der Waals surface area (Å²) in [5, 5.41) is 4.17. The largest absolute Gasteiger partial charge is 0.378 e. The van der Waals surface area contributed by atoms with E-state index in [0.717, 1.165) is 36.8 Å². The van der Waals surface area contributed by atoms with Crippen molar-refractivity contribution in [3.63, 3.8) is 0 Å². The van der Waals surface area contributed by atoms with Crippen molar-refractivity contribution in [1.29, 1.82) is 0 Å². The van der Waals surface area contributed by atoms with Gasteiger partial charge in [-0.25, -0.2) is 0 Å². The predicted molar refractivity (Wildman–Crippen MR) is 83.2 cm³/mol. The molecule has 112 valence electrons. The van der Waals surface area contributed by atoms with Gasteiger partial charge in [-0.05, 0) is 30.9 Å². The Balaban J connectivity index is 1.56. The zero-order valence-corrected chi connectivity index (χ0v) is 12.5. The maximum atomic E-state index is 12.1. The van der Waals surface area contributed by atoms with Crippen molar-refractivity contribution in [1.82, 2.24) is 9.88 Å². The van der Waals surface area contributed by atoms with E-state index in [1.807, 2.05) is 25.4 Å². The van der Waals surface area contributed by atoms with Crippen LogP contribution in [0.1, 0.15) is 24.8 Å². The van der Waals surface area contributed by atoms with Crippen LogP contribution in [0.5, 0.6) is 0 Å². The molecule has 21 heavy (non-hydrogen) atoms. The molecule has 0 aliphatic carbocycles. The Hall–Kier alpha value is -1.81. The first kappa shape index (κ1) is 14.1. The highest BCUT2D eigenvalue weighted by Gasteiger charge is 2.15. The van der Waals surface area contributed by atoms with E-state index in [-0.39, 0.29) is 5.91 Å². The van der Waals surface area contributed by atoms with Crippen molar-refractivity contribution in [2.24, 2.45) is 7.05 Å². The first-order valence-corrected chi connectivity index (χ1v) is 7.65. The third-order valence-corrected chi connectivity index (χ3v) is 4.14. The van der Waals surface area contributed by atoms with Gasteiger partial charge >= 0.3 is 0 Å². The van der Waals surface area contributed by atoms with Crippen molar-refractivity contribution in [2.75, 3.05) is 13.2 Å². The normalized spacial score (nSPS) is 18.2. The fraction of sp³-hybridized carbons (Fsp3) is 0.471. The number of aromatic nitrogens is 1. The maximum absolute atomic E-state index is 12.1. The third kappa shape index (κ3) is 3.27. The van der Waals surface area contributed by atoms with Crippen LogP contribution in [-0.2, 0) is 23.0 Å². The Morgan fingerprint density at radius 2 is 2.29 bits per heavy atom. The highest BCUT2D eigenvalue weighted by atomic mass is 16.5. The lowest BCUT2D eigenvalue weighted by Gasteiger charge is -2.09. The fourth-order valence-corrected chi connectivity index (χ4v) is 3.05. The van der Waals surface area contributed by atoms with Crippen molar-refractivity contribution in [3.8, 4) is 0 Å². The van der Waals surface area contributed by atoms with Gasteiger partial charge in [-0.2, -0.15) is 0 Å². The molecule has 3 rings (SSSR count). The van der Waals surface area contributed by atoms with E-state index in [1.165, 1.54) is 5.52 Å². The van der Waals surface area contributed by atoms with Crippen LogP contribution in [0.2, 0.25) is 0 Å². The van der Waals surface area contributed by atoms with Crippen LogP contribution in [0.4, 0.5) is 0 Å². The average molecular weight is 286 g/mol. The van der Waals surface area contributed by atoms with Crippen molar-refractivity contribution in [3.05, 3.63) is 36.0 Å². The van der Waals surface area contributed by atoms with E-state index in [1.54, 1.807) is 0 Å². The summed E-state index contributed by atoms with van der Waals surface area (Å²) in [6, 6.07) is 8.19. The number of rotatable bonds is 5. The van der Waals surface area contributed by atoms with E-state index < -0.39 is 0 Å². The van der Waals surface area contributed by atoms with Crippen molar-refractivity contribution < 1.29 is 9.53 Å². The monoisotopic (exact) mass is 286 g/mol. The lowest BCUT2D eigenvalue weighted by molar-refractivity contribution is -0.120. The number of carbonyl (C=O) groups excluding carboxylic acids is 1. The van der Waals surface area contributed by atoms with Crippen molar-refractivity contribution in [2.45, 2.75) is 31.8 Å². The van der Waals surface area contributed by atoms with Gasteiger partial charge in [0.15, 0.2) is 0 Å². The molecule has 4 nitrogen and oxygen atoms in total. The molecule has 4 heteroatoms. The summed E-state index contributed by atoms with van der Waals surface area (Å²) in [5.74, 6) is 0.0874. The second kappa shape index (κ2) is 6.31. The second-order valence-electron chi connectivity index (χ2n) is 5.73. The number of ether oxygens (including phenoxy) is 1. The molecule has 1 saturated heterocycles. The van der Waals surface area contributed by atoms with Gasteiger partial charge in [0.05, 0.1) is 12.5 Å². The van der Waals surface area contributed by atoms with Gasteiger partial charge in [0.1, 0.15) is 0 Å². The van der Waals surface area contributed by atoms with Crippen LogP contribution in [0, 0.1) is 0 Å². The van der Waals surface area contributed by atoms with Gasteiger partial charge in [-0.3, -0.25) is 4.79 Å². The Bertz CT molecular complexity index is 627. The average Bonchev–Trinajstić information content (AvgIpc) is 3.09. The highest BCUT2D eigenvalue weighted by molar-refractivity contribution is 5.89. The second-order valence-corrected chi connectivity index (χ2v) is 5.73. The van der Waals surface area contributed by atoms with Gasteiger partial charge in [-0.15, -0.1) is 0 Å². The van der Waals surface area contributed by atoms with E-state index >= 15 is 0 Å². The third-order valence-electron chi connectivity index (χ3n) is 4.14. The number of nitrogens with one attached hydrogen (secondary N) is 1. The van der Waals surface area contributed by atoms with Gasteiger partial charge in [0.2, 0.25) is 5.91 Å². The summed E-state index contributed by atoms with van der Waals surface area (Å²) in [6.45, 7) is 1.57. The number of hydrogen-bond acceptors (Lipinski definition) is 2. The minimum Gasteiger partial charge on any atom is -0.378 e. The van der Waals surface area contributed by atoms with Gasteiger partial charge < -0.3 is 14.6 Å². The zero-order valence-electron chi connectivity index (χ0n) is 12.5. The zero-order chi connectivity index (χ0) is 14.7. The summed E-state index contributed by atoms with van der Waals surface area (Å²) in [6.07, 6.45) is 6.01. The molecule has 0 bridgehead atoms.